The van der Waals surface area contributed by atoms with Crippen molar-refractivity contribution in [2.75, 3.05) is 6.54 Å². The van der Waals surface area contributed by atoms with Crippen LogP contribution in [0.5, 0.6) is 0 Å². The SMILES string of the molecule is C1=CC(c2ccc(-c3cc(-c4ccc(-c5cccnc5)cc4)cc(-c4ccc(-c5cccnc5)cc4)c3)cc2)=CNC1.CC.CC.P. The number of dihydropyridines is 1. The van der Waals surface area contributed by atoms with Crippen LogP contribution < -0.4 is 5.32 Å². The molecule has 0 fully saturated rings. The molecule has 3 heterocycles. The lowest BCUT2D eigenvalue weighted by molar-refractivity contribution is 0.976. The molecule has 0 radical (unpaired) electrons. The first kappa shape index (κ1) is 34.8. The minimum absolute atomic E-state index is 0. The van der Waals surface area contributed by atoms with Crippen molar-refractivity contribution in [2.45, 2.75) is 27.7 Å². The summed E-state index contributed by atoms with van der Waals surface area (Å²) in [5.74, 6) is 0. The number of allylic oxidation sites excluding steroid dienone is 2. The number of aromatic nitrogens is 2. The Bertz CT molecular complexity index is 1780. The Morgan fingerprint density at radius 1 is 0.447 bits per heavy atom. The minimum Gasteiger partial charge on any atom is -0.387 e. The average Bonchev–Trinajstić information content (AvgIpc) is 3.17. The van der Waals surface area contributed by atoms with Gasteiger partial charge in [0.2, 0.25) is 0 Å². The molecule has 47 heavy (non-hydrogen) atoms. The van der Waals surface area contributed by atoms with Crippen LogP contribution in [0.25, 0.3) is 61.2 Å². The van der Waals surface area contributed by atoms with Crippen LogP contribution in [0.2, 0.25) is 0 Å². The summed E-state index contributed by atoms with van der Waals surface area (Å²) in [6.07, 6.45) is 13.8. The maximum atomic E-state index is 4.28. The first-order valence-corrected chi connectivity index (χ1v) is 16.2. The second-order valence-electron chi connectivity index (χ2n) is 10.4. The molecule has 0 saturated heterocycles. The number of rotatable bonds is 6. The topological polar surface area (TPSA) is 37.8 Å². The largest absolute Gasteiger partial charge is 0.387 e. The Labute approximate surface area is 283 Å². The second kappa shape index (κ2) is 17.5. The minimum atomic E-state index is 0. The lowest BCUT2D eigenvalue weighted by atomic mass is 9.91. The van der Waals surface area contributed by atoms with Gasteiger partial charge in [0.25, 0.3) is 0 Å². The van der Waals surface area contributed by atoms with Crippen molar-refractivity contribution in [3.05, 3.63) is 164 Å². The zero-order chi connectivity index (χ0) is 32.1. The van der Waals surface area contributed by atoms with Gasteiger partial charge in [-0.05, 0) is 97.1 Å². The van der Waals surface area contributed by atoms with Crippen LogP contribution in [0.3, 0.4) is 0 Å². The molecule has 236 valence electrons. The second-order valence-corrected chi connectivity index (χ2v) is 10.4. The molecule has 1 unspecified atom stereocenters. The van der Waals surface area contributed by atoms with Crippen molar-refractivity contribution in [3.63, 3.8) is 0 Å². The fourth-order valence-corrected chi connectivity index (χ4v) is 5.41. The molecule has 4 heteroatoms. The summed E-state index contributed by atoms with van der Waals surface area (Å²) < 4.78 is 0. The summed E-state index contributed by atoms with van der Waals surface area (Å²) in [6.45, 7) is 8.88. The van der Waals surface area contributed by atoms with E-state index in [4.69, 9.17) is 0 Å². The molecular formula is C43H44N3P. The summed E-state index contributed by atoms with van der Waals surface area (Å²) in [6, 6.07) is 41.4. The molecule has 0 spiro atoms. The molecule has 4 aromatic carbocycles. The highest BCUT2D eigenvalue weighted by atomic mass is 31.0. The van der Waals surface area contributed by atoms with E-state index in [1.165, 1.54) is 44.5 Å². The molecule has 2 aromatic heterocycles. The predicted molar refractivity (Wildman–Crippen MR) is 208 cm³/mol. The number of hydrogen-bond donors (Lipinski definition) is 1. The Hall–Kier alpha value is -5.11. The first-order chi connectivity index (χ1) is 22.8. The number of hydrogen-bond acceptors (Lipinski definition) is 3. The van der Waals surface area contributed by atoms with Gasteiger partial charge in [-0.3, -0.25) is 9.97 Å². The van der Waals surface area contributed by atoms with Crippen molar-refractivity contribution >= 4 is 15.5 Å². The summed E-state index contributed by atoms with van der Waals surface area (Å²) in [4.78, 5) is 8.56. The van der Waals surface area contributed by atoms with Crippen LogP contribution in [0.4, 0.5) is 0 Å². The van der Waals surface area contributed by atoms with Gasteiger partial charge in [0.15, 0.2) is 0 Å². The molecule has 0 saturated carbocycles. The zero-order valence-corrected chi connectivity index (χ0v) is 29.2. The van der Waals surface area contributed by atoms with Crippen LogP contribution in [0.1, 0.15) is 33.3 Å². The van der Waals surface area contributed by atoms with Gasteiger partial charge in [0.1, 0.15) is 0 Å². The van der Waals surface area contributed by atoms with Gasteiger partial charge in [0, 0.05) is 37.5 Å². The van der Waals surface area contributed by atoms with Crippen LogP contribution in [-0.4, -0.2) is 16.5 Å². The Morgan fingerprint density at radius 2 is 0.809 bits per heavy atom. The Morgan fingerprint density at radius 3 is 1.13 bits per heavy atom. The number of benzene rings is 4. The van der Waals surface area contributed by atoms with Gasteiger partial charge in [-0.15, -0.1) is 0 Å². The fraction of sp³-hybridized carbons (Fsp3) is 0.116. The third-order valence-electron chi connectivity index (χ3n) is 7.70. The van der Waals surface area contributed by atoms with E-state index in [0.29, 0.717) is 0 Å². The van der Waals surface area contributed by atoms with Gasteiger partial charge in [-0.1, -0.05) is 125 Å². The maximum Gasteiger partial charge on any atom is 0.0346 e. The van der Waals surface area contributed by atoms with Crippen molar-refractivity contribution in [2.24, 2.45) is 0 Å². The van der Waals surface area contributed by atoms with E-state index in [2.05, 4.69) is 137 Å². The standard InChI is InChI=1S/C39H29N3.2C2H6.H3P/c1-4-34(25-40-19-1)28-7-13-31(14-8-28)37-22-38(32-15-9-29(10-16-32)35-5-2-20-41-26-35)24-39(23-37)33-17-11-30(12-18-33)36-6-3-21-42-27-36;2*1-2;/h1-20,22-27,42H,21H2;2*1-2H3;1H3. The highest BCUT2D eigenvalue weighted by Crippen LogP contribution is 2.35. The lowest BCUT2D eigenvalue weighted by Crippen LogP contribution is -2.08. The smallest absolute Gasteiger partial charge is 0.0346 e. The summed E-state index contributed by atoms with van der Waals surface area (Å²) in [5, 5.41) is 3.30. The molecule has 0 bridgehead atoms. The van der Waals surface area contributed by atoms with Gasteiger partial charge in [-0.25, -0.2) is 0 Å². The van der Waals surface area contributed by atoms with E-state index in [0.717, 1.165) is 28.8 Å². The number of nitrogens with one attached hydrogen (secondary N) is 1. The summed E-state index contributed by atoms with van der Waals surface area (Å²) in [5.41, 5.74) is 14.1. The van der Waals surface area contributed by atoms with Gasteiger partial charge < -0.3 is 5.32 Å². The summed E-state index contributed by atoms with van der Waals surface area (Å²) in [7, 11) is 0. The zero-order valence-electron chi connectivity index (χ0n) is 27.8. The third-order valence-corrected chi connectivity index (χ3v) is 7.70. The molecule has 1 aliphatic rings. The van der Waals surface area contributed by atoms with Gasteiger partial charge >= 0.3 is 0 Å². The lowest BCUT2D eigenvalue weighted by Gasteiger charge is -2.13. The predicted octanol–water partition coefficient (Wildman–Crippen LogP) is 11.4. The fourth-order valence-electron chi connectivity index (χ4n) is 5.41. The molecule has 1 aliphatic heterocycles. The molecule has 6 aromatic rings. The van der Waals surface area contributed by atoms with E-state index in [-0.39, 0.29) is 9.90 Å². The molecule has 0 aliphatic carbocycles. The summed E-state index contributed by atoms with van der Waals surface area (Å²) >= 11 is 0. The van der Waals surface area contributed by atoms with Crippen LogP contribution in [-0.2, 0) is 0 Å². The van der Waals surface area contributed by atoms with Crippen LogP contribution in [0, 0.1) is 0 Å². The van der Waals surface area contributed by atoms with Crippen LogP contribution >= 0.6 is 9.90 Å². The van der Waals surface area contributed by atoms with Gasteiger partial charge in [0.05, 0.1) is 0 Å². The first-order valence-electron chi connectivity index (χ1n) is 16.2. The average molecular weight is 634 g/mol. The van der Waals surface area contributed by atoms with Crippen LogP contribution in [0.15, 0.2) is 158 Å². The van der Waals surface area contributed by atoms with Crippen molar-refractivity contribution in [1.29, 1.82) is 0 Å². The van der Waals surface area contributed by atoms with Gasteiger partial charge in [-0.2, -0.15) is 9.90 Å². The van der Waals surface area contributed by atoms with Crippen molar-refractivity contribution in [1.82, 2.24) is 15.3 Å². The van der Waals surface area contributed by atoms with E-state index in [1.54, 1.807) is 12.4 Å². The van der Waals surface area contributed by atoms with Crippen molar-refractivity contribution in [3.8, 4) is 55.6 Å². The molecule has 3 nitrogen and oxygen atoms in total. The maximum absolute atomic E-state index is 4.28. The van der Waals surface area contributed by atoms with E-state index < -0.39 is 0 Å². The highest BCUT2D eigenvalue weighted by Gasteiger charge is 2.10. The number of pyridine rings is 2. The van der Waals surface area contributed by atoms with E-state index >= 15 is 0 Å². The normalized spacial score (nSPS) is 11.4. The Balaban J connectivity index is 0.000000964. The quantitative estimate of drug-likeness (QED) is 0.185. The number of nitrogens with zero attached hydrogens (tertiary/aromatic N) is 2. The molecule has 0 amide bonds. The molecule has 1 N–H and O–H groups in total. The van der Waals surface area contributed by atoms with Crippen molar-refractivity contribution < 1.29 is 0 Å². The molecule has 7 rings (SSSR count). The van der Waals surface area contributed by atoms with E-state index in [9.17, 15) is 0 Å². The molecular weight excluding hydrogens is 589 g/mol. The monoisotopic (exact) mass is 633 g/mol. The third kappa shape index (κ3) is 8.58. The molecule has 1 atom stereocenters. The highest BCUT2D eigenvalue weighted by molar-refractivity contribution is 6.92. The van der Waals surface area contributed by atoms with E-state index in [1.807, 2.05) is 52.2 Å². The Kier molecular flexibility index (Phi) is 13.0.